The largest absolute Gasteiger partial charge is 0.446 e. The van der Waals surface area contributed by atoms with Gasteiger partial charge in [-0.05, 0) is 25.1 Å². The van der Waals surface area contributed by atoms with Crippen LogP contribution in [0.1, 0.15) is 22.0 Å². The summed E-state index contributed by atoms with van der Waals surface area (Å²) in [6.45, 7) is 2.21. The number of nitrogens with zero attached hydrogens (tertiary/aromatic N) is 1. The Kier molecular flexibility index (Phi) is 3.72. The Hall–Kier alpha value is -2.17. The molecule has 0 saturated carbocycles. The highest BCUT2D eigenvalue weighted by molar-refractivity contribution is 5.94. The lowest BCUT2D eigenvalue weighted by Crippen LogP contribution is -2.25. The molecule has 0 aliphatic rings. The van der Waals surface area contributed by atoms with Crippen molar-refractivity contribution in [2.75, 3.05) is 6.54 Å². The molecule has 0 radical (unpaired) electrons. The number of rotatable bonds is 4. The maximum atomic E-state index is 12.9. The SMILES string of the molecule is Cc1cnc(CCNC(=O)c2cccc(F)c2)o1. The first kappa shape index (κ1) is 12.3. The number of benzene rings is 1. The molecule has 1 aromatic carbocycles. The maximum absolute atomic E-state index is 12.9. The maximum Gasteiger partial charge on any atom is 0.251 e. The van der Waals surface area contributed by atoms with E-state index in [0.29, 0.717) is 24.4 Å². The van der Waals surface area contributed by atoms with Gasteiger partial charge >= 0.3 is 0 Å². The van der Waals surface area contributed by atoms with Crippen molar-refractivity contribution >= 4 is 5.91 Å². The first-order valence-corrected chi connectivity index (χ1v) is 5.60. The molecule has 18 heavy (non-hydrogen) atoms. The lowest BCUT2D eigenvalue weighted by molar-refractivity contribution is 0.0953. The van der Waals surface area contributed by atoms with Crippen LogP contribution in [-0.2, 0) is 6.42 Å². The molecule has 0 fully saturated rings. The van der Waals surface area contributed by atoms with Gasteiger partial charge in [0.2, 0.25) is 0 Å². The van der Waals surface area contributed by atoms with Gasteiger partial charge in [-0.1, -0.05) is 6.07 Å². The summed E-state index contributed by atoms with van der Waals surface area (Å²) in [5.74, 6) is 0.581. The third-order valence-corrected chi connectivity index (χ3v) is 2.38. The molecule has 1 heterocycles. The second-order valence-corrected chi connectivity index (χ2v) is 3.88. The first-order chi connectivity index (χ1) is 8.65. The van der Waals surface area contributed by atoms with E-state index in [4.69, 9.17) is 4.42 Å². The fraction of sp³-hybridized carbons (Fsp3) is 0.231. The molecule has 0 bridgehead atoms. The number of halogens is 1. The van der Waals surface area contributed by atoms with Gasteiger partial charge in [-0.2, -0.15) is 0 Å². The number of aromatic nitrogens is 1. The van der Waals surface area contributed by atoms with E-state index in [2.05, 4.69) is 10.3 Å². The van der Waals surface area contributed by atoms with Crippen LogP contribution in [0.15, 0.2) is 34.9 Å². The van der Waals surface area contributed by atoms with Crippen LogP contribution >= 0.6 is 0 Å². The second kappa shape index (κ2) is 5.44. The zero-order valence-corrected chi connectivity index (χ0v) is 9.94. The molecular weight excluding hydrogens is 235 g/mol. The number of aryl methyl sites for hydroxylation is 1. The Morgan fingerprint density at radius 3 is 3.00 bits per heavy atom. The molecule has 0 atom stereocenters. The topological polar surface area (TPSA) is 55.1 Å². The van der Waals surface area contributed by atoms with Crippen molar-refractivity contribution in [3.05, 3.63) is 53.5 Å². The minimum atomic E-state index is -0.425. The summed E-state index contributed by atoms with van der Waals surface area (Å²) in [4.78, 5) is 15.7. The zero-order valence-electron chi connectivity index (χ0n) is 9.94. The lowest BCUT2D eigenvalue weighted by atomic mass is 10.2. The average molecular weight is 248 g/mol. The number of amides is 1. The molecule has 1 aromatic heterocycles. The normalized spacial score (nSPS) is 10.3. The number of hydrogen-bond acceptors (Lipinski definition) is 3. The second-order valence-electron chi connectivity index (χ2n) is 3.88. The summed E-state index contributed by atoms with van der Waals surface area (Å²) < 4.78 is 18.2. The molecular formula is C13H13FN2O2. The molecule has 0 unspecified atom stereocenters. The van der Waals surface area contributed by atoms with Crippen molar-refractivity contribution < 1.29 is 13.6 Å². The number of nitrogens with one attached hydrogen (secondary N) is 1. The van der Waals surface area contributed by atoms with Crippen LogP contribution in [0.5, 0.6) is 0 Å². The average Bonchev–Trinajstić information content (AvgIpc) is 2.75. The van der Waals surface area contributed by atoms with E-state index in [0.717, 1.165) is 5.76 Å². The van der Waals surface area contributed by atoms with E-state index in [1.165, 1.54) is 18.2 Å². The fourth-order valence-corrected chi connectivity index (χ4v) is 1.53. The number of oxazole rings is 1. The van der Waals surface area contributed by atoms with Crippen LogP contribution in [0.3, 0.4) is 0 Å². The third kappa shape index (κ3) is 3.16. The van der Waals surface area contributed by atoms with Gasteiger partial charge in [-0.15, -0.1) is 0 Å². The van der Waals surface area contributed by atoms with E-state index in [1.54, 1.807) is 12.3 Å². The van der Waals surface area contributed by atoms with Crippen molar-refractivity contribution in [3.63, 3.8) is 0 Å². The molecule has 2 rings (SSSR count). The van der Waals surface area contributed by atoms with Crippen LogP contribution in [0, 0.1) is 12.7 Å². The van der Waals surface area contributed by atoms with Crippen LogP contribution in [0.25, 0.3) is 0 Å². The summed E-state index contributed by atoms with van der Waals surface area (Å²) in [6, 6.07) is 5.56. The summed E-state index contributed by atoms with van der Waals surface area (Å²) >= 11 is 0. The predicted molar refractivity (Wildman–Crippen MR) is 63.7 cm³/mol. The number of carbonyl (C=O) groups is 1. The van der Waals surface area contributed by atoms with Crippen LogP contribution < -0.4 is 5.32 Å². The minimum Gasteiger partial charge on any atom is -0.446 e. The molecule has 1 amide bonds. The number of hydrogen-bond donors (Lipinski definition) is 1. The van der Waals surface area contributed by atoms with Crippen LogP contribution in [0.2, 0.25) is 0 Å². The standard InChI is InChI=1S/C13H13FN2O2/c1-9-8-16-12(18-9)5-6-15-13(17)10-3-2-4-11(14)7-10/h2-4,7-8H,5-6H2,1H3,(H,15,17). The summed E-state index contributed by atoms with van der Waals surface area (Å²) in [7, 11) is 0. The van der Waals surface area contributed by atoms with Crippen molar-refractivity contribution in [2.45, 2.75) is 13.3 Å². The molecule has 5 heteroatoms. The van der Waals surface area contributed by atoms with Crippen molar-refractivity contribution in [1.29, 1.82) is 0 Å². The number of carbonyl (C=O) groups excluding carboxylic acids is 1. The van der Waals surface area contributed by atoms with Gasteiger partial charge < -0.3 is 9.73 Å². The monoisotopic (exact) mass is 248 g/mol. The molecule has 0 spiro atoms. The summed E-state index contributed by atoms with van der Waals surface area (Å²) in [6.07, 6.45) is 2.14. The molecule has 2 aromatic rings. The van der Waals surface area contributed by atoms with Crippen LogP contribution in [-0.4, -0.2) is 17.4 Å². The molecule has 94 valence electrons. The van der Waals surface area contributed by atoms with Gasteiger partial charge in [0.15, 0.2) is 5.89 Å². The van der Waals surface area contributed by atoms with Crippen molar-refractivity contribution in [2.24, 2.45) is 0 Å². The smallest absolute Gasteiger partial charge is 0.251 e. The van der Waals surface area contributed by atoms with Gasteiger partial charge in [-0.25, -0.2) is 9.37 Å². The fourth-order valence-electron chi connectivity index (χ4n) is 1.53. The van der Waals surface area contributed by atoms with E-state index < -0.39 is 5.82 Å². The quantitative estimate of drug-likeness (QED) is 0.901. The summed E-state index contributed by atoms with van der Waals surface area (Å²) in [5, 5.41) is 2.68. The van der Waals surface area contributed by atoms with E-state index in [-0.39, 0.29) is 5.91 Å². The Balaban J connectivity index is 1.85. The van der Waals surface area contributed by atoms with E-state index in [1.807, 2.05) is 6.92 Å². The highest BCUT2D eigenvalue weighted by Gasteiger charge is 2.06. The van der Waals surface area contributed by atoms with Crippen molar-refractivity contribution in [1.82, 2.24) is 10.3 Å². The van der Waals surface area contributed by atoms with Crippen LogP contribution in [0.4, 0.5) is 4.39 Å². The van der Waals surface area contributed by atoms with Crippen molar-refractivity contribution in [3.8, 4) is 0 Å². The van der Waals surface area contributed by atoms with Gasteiger partial charge in [0.1, 0.15) is 11.6 Å². The van der Waals surface area contributed by atoms with Gasteiger partial charge in [-0.3, -0.25) is 4.79 Å². The van der Waals surface area contributed by atoms with E-state index >= 15 is 0 Å². The Morgan fingerprint density at radius 2 is 2.33 bits per heavy atom. The third-order valence-electron chi connectivity index (χ3n) is 2.38. The molecule has 1 N–H and O–H groups in total. The Morgan fingerprint density at radius 1 is 1.50 bits per heavy atom. The highest BCUT2D eigenvalue weighted by Crippen LogP contribution is 2.04. The zero-order chi connectivity index (χ0) is 13.0. The molecule has 0 saturated heterocycles. The van der Waals surface area contributed by atoms with Gasteiger partial charge in [0, 0.05) is 18.5 Å². The van der Waals surface area contributed by atoms with Gasteiger partial charge in [0.05, 0.1) is 6.20 Å². The lowest BCUT2D eigenvalue weighted by Gasteiger charge is -2.03. The predicted octanol–water partition coefficient (Wildman–Crippen LogP) is 2.09. The minimum absolute atomic E-state index is 0.304. The highest BCUT2D eigenvalue weighted by atomic mass is 19.1. The molecule has 0 aliphatic carbocycles. The van der Waals surface area contributed by atoms with E-state index in [9.17, 15) is 9.18 Å². The Labute approximate surface area is 104 Å². The van der Waals surface area contributed by atoms with Gasteiger partial charge in [0.25, 0.3) is 5.91 Å². The molecule has 4 nitrogen and oxygen atoms in total. The summed E-state index contributed by atoms with van der Waals surface area (Å²) in [5.41, 5.74) is 0.304. The first-order valence-electron chi connectivity index (χ1n) is 5.60. The Bertz CT molecular complexity index is 551. The molecule has 0 aliphatic heterocycles.